The van der Waals surface area contributed by atoms with Gasteiger partial charge in [0.1, 0.15) is 39.6 Å². The molecule has 0 saturated heterocycles. The molecule has 0 N–H and O–H groups in total. The lowest BCUT2D eigenvalue weighted by Crippen LogP contribution is -2.14. The minimum atomic E-state index is -4.11. The second-order valence-electron chi connectivity index (χ2n) is 7.59. The maximum absolute atomic E-state index is 11.7. The largest absolute Gasteiger partial charge is 0.349 e. The molecule has 0 radical (unpaired) electrons. The Hall–Kier alpha value is -1.53. The highest BCUT2D eigenvalue weighted by Gasteiger charge is 2.44. The molecule has 1 rings (SSSR count). The van der Waals surface area contributed by atoms with E-state index in [1.54, 1.807) is 0 Å². The fraction of sp³-hybridized carbons (Fsp3) is 0.667. The maximum atomic E-state index is 11.7. The number of carbonyl (C=O) groups is 6. The Morgan fingerprint density at radius 1 is 0.389 bits per heavy atom. The Labute approximate surface area is 208 Å². The average molecular weight is 573 g/mol. The quantitative estimate of drug-likeness (QED) is 0.217. The highest BCUT2D eigenvalue weighted by molar-refractivity contribution is 7.78. The van der Waals surface area contributed by atoms with Gasteiger partial charge in [-0.1, -0.05) is 0 Å². The van der Waals surface area contributed by atoms with Gasteiger partial charge in [-0.25, -0.2) is 0 Å². The van der Waals surface area contributed by atoms with Gasteiger partial charge in [0.05, 0.1) is 0 Å². The molecule has 1 heterocycles. The highest BCUT2D eigenvalue weighted by Crippen LogP contribution is 2.80. The van der Waals surface area contributed by atoms with Gasteiger partial charge in [-0.05, 0) is 41.5 Å². The minimum Gasteiger partial charge on any atom is -0.298 e. The van der Waals surface area contributed by atoms with Crippen molar-refractivity contribution in [3.63, 3.8) is 0 Å². The maximum Gasteiger partial charge on any atom is 0.349 e. The van der Waals surface area contributed by atoms with E-state index in [1.807, 2.05) is 0 Å². The van der Waals surface area contributed by atoms with Crippen LogP contribution in [-0.2, 0) is 55.9 Å². The van der Waals surface area contributed by atoms with Crippen molar-refractivity contribution in [2.75, 3.05) is 39.6 Å². The zero-order valence-corrected chi connectivity index (χ0v) is 23.5. The van der Waals surface area contributed by atoms with E-state index < -0.39 is 97.3 Å². The molecular formula is C18H30N3O12P3. The van der Waals surface area contributed by atoms with Crippen LogP contribution in [0.1, 0.15) is 41.5 Å². The van der Waals surface area contributed by atoms with Crippen LogP contribution in [0.25, 0.3) is 0 Å². The van der Waals surface area contributed by atoms with Crippen molar-refractivity contribution in [3.8, 4) is 0 Å². The SMILES string of the molecule is CC(=O)COP1(OCC(C)=O)=NP(OCC(C)=O)(OCC(C)=O)=NP(OCC(C)=O)(OCC(C)=O)=N1. The van der Waals surface area contributed by atoms with Crippen LogP contribution in [-0.4, -0.2) is 74.3 Å². The van der Waals surface area contributed by atoms with Crippen molar-refractivity contribution >= 4 is 57.7 Å². The second-order valence-corrected chi connectivity index (χ2v) is 14.2. The van der Waals surface area contributed by atoms with E-state index >= 15 is 0 Å². The molecule has 204 valence electrons. The first-order valence-corrected chi connectivity index (χ1v) is 15.0. The average Bonchev–Trinajstić information content (AvgIpc) is 2.76. The van der Waals surface area contributed by atoms with Gasteiger partial charge >= 0.3 is 23.0 Å². The van der Waals surface area contributed by atoms with Crippen molar-refractivity contribution < 1.29 is 55.9 Å². The fourth-order valence-corrected chi connectivity index (χ4v) is 11.6. The van der Waals surface area contributed by atoms with Gasteiger partial charge in [0.15, 0.2) is 34.7 Å². The normalized spacial score (nSPS) is 17.2. The summed E-state index contributed by atoms with van der Waals surface area (Å²) in [6.45, 7) is 3.72. The summed E-state index contributed by atoms with van der Waals surface area (Å²) in [6, 6.07) is 0. The van der Waals surface area contributed by atoms with Gasteiger partial charge in [-0.3, -0.25) is 55.9 Å². The zero-order valence-electron chi connectivity index (χ0n) is 20.8. The molecule has 0 fully saturated rings. The van der Waals surface area contributed by atoms with E-state index in [0.29, 0.717) is 0 Å². The Bertz CT molecular complexity index is 869. The van der Waals surface area contributed by atoms with Gasteiger partial charge in [-0.15, -0.1) is 13.5 Å². The van der Waals surface area contributed by atoms with Crippen molar-refractivity contribution in [3.05, 3.63) is 0 Å². The fourth-order valence-electron chi connectivity index (χ4n) is 1.95. The molecule has 18 heteroatoms. The van der Waals surface area contributed by atoms with Gasteiger partial charge in [0.2, 0.25) is 0 Å². The van der Waals surface area contributed by atoms with Gasteiger partial charge in [-0.2, -0.15) is 0 Å². The Balaban J connectivity index is 4.01. The lowest BCUT2D eigenvalue weighted by atomic mass is 10.5. The van der Waals surface area contributed by atoms with Gasteiger partial charge in [0, 0.05) is 0 Å². The molecule has 36 heavy (non-hydrogen) atoms. The summed E-state index contributed by atoms with van der Waals surface area (Å²) < 4.78 is 46.5. The predicted molar refractivity (Wildman–Crippen MR) is 128 cm³/mol. The van der Waals surface area contributed by atoms with Gasteiger partial charge < -0.3 is 0 Å². The summed E-state index contributed by atoms with van der Waals surface area (Å²) in [6.07, 6.45) is 0. The molecule has 0 aromatic heterocycles. The number of hydrogen-bond donors (Lipinski definition) is 0. The van der Waals surface area contributed by atoms with Crippen LogP contribution in [0.3, 0.4) is 0 Å². The van der Waals surface area contributed by atoms with E-state index in [-0.39, 0.29) is 0 Å². The number of nitrogens with zero attached hydrogens (tertiary/aromatic N) is 3. The van der Waals surface area contributed by atoms with E-state index in [9.17, 15) is 28.8 Å². The first-order chi connectivity index (χ1) is 16.6. The summed E-state index contributed by atoms with van der Waals surface area (Å²) in [7, 11) is -12.3. The molecule has 15 nitrogen and oxygen atoms in total. The number of rotatable bonds is 18. The summed E-state index contributed by atoms with van der Waals surface area (Å²) in [4.78, 5) is 70.4. The zero-order chi connectivity index (χ0) is 27.6. The van der Waals surface area contributed by atoms with Crippen LogP contribution >= 0.6 is 23.0 Å². The minimum absolute atomic E-state index is 0.467. The standard InChI is InChI=1S/C18H30N3O12P3/c1-13(22)7-28-34(29-8-14(2)23)19-35(30-9-15(3)24,31-10-16(4)25)21-36(20-34,32-11-17(5)26)33-12-18(6)27/h7-12H2,1-6H3. The summed E-state index contributed by atoms with van der Waals surface area (Å²) >= 11 is 0. The van der Waals surface area contributed by atoms with Crippen LogP contribution in [0.2, 0.25) is 0 Å². The molecule has 1 aliphatic rings. The van der Waals surface area contributed by atoms with Crippen molar-refractivity contribution in [1.29, 1.82) is 0 Å². The van der Waals surface area contributed by atoms with Crippen molar-refractivity contribution in [2.24, 2.45) is 13.5 Å². The predicted octanol–water partition coefficient (Wildman–Crippen LogP) is 3.47. The van der Waals surface area contributed by atoms with Gasteiger partial charge in [0.25, 0.3) is 0 Å². The first-order valence-electron chi connectivity index (χ1n) is 10.4. The van der Waals surface area contributed by atoms with Crippen molar-refractivity contribution in [1.82, 2.24) is 0 Å². The third kappa shape index (κ3) is 11.7. The molecule has 0 aromatic carbocycles. The van der Waals surface area contributed by atoms with E-state index in [0.717, 1.165) is 0 Å². The van der Waals surface area contributed by atoms with Crippen LogP contribution in [0.15, 0.2) is 13.5 Å². The van der Waals surface area contributed by atoms with Crippen molar-refractivity contribution in [2.45, 2.75) is 41.5 Å². The molecule has 0 unspecified atom stereocenters. The third-order valence-corrected chi connectivity index (χ3v) is 11.5. The molecule has 1 aliphatic heterocycles. The van der Waals surface area contributed by atoms with Crippen LogP contribution in [0.4, 0.5) is 0 Å². The van der Waals surface area contributed by atoms with E-state index in [4.69, 9.17) is 27.1 Å². The lowest BCUT2D eigenvalue weighted by molar-refractivity contribution is -0.120. The van der Waals surface area contributed by atoms with Crippen LogP contribution in [0, 0.1) is 0 Å². The summed E-state index contributed by atoms with van der Waals surface area (Å²) in [5, 5.41) is 0. The topological polar surface area (TPSA) is 195 Å². The highest BCUT2D eigenvalue weighted by atomic mass is 31.3. The smallest absolute Gasteiger partial charge is 0.298 e. The Morgan fingerprint density at radius 3 is 0.639 bits per heavy atom. The number of ketones is 6. The number of carbonyl (C=O) groups excluding carboxylic acids is 6. The molecule has 0 atom stereocenters. The molecular weight excluding hydrogens is 543 g/mol. The summed E-state index contributed by atoms with van der Waals surface area (Å²) in [5.41, 5.74) is 0. The van der Waals surface area contributed by atoms with E-state index in [2.05, 4.69) is 13.5 Å². The third-order valence-electron chi connectivity index (χ3n) is 3.29. The number of hydrogen-bond acceptors (Lipinski definition) is 15. The first kappa shape index (κ1) is 32.5. The molecule has 0 spiro atoms. The molecule has 0 amide bonds. The molecule has 0 aromatic rings. The molecule has 0 aliphatic carbocycles. The summed E-state index contributed by atoms with van der Waals surface area (Å²) in [5.74, 6) is -2.80. The Morgan fingerprint density at radius 2 is 0.528 bits per heavy atom. The van der Waals surface area contributed by atoms with Crippen LogP contribution < -0.4 is 0 Å². The second kappa shape index (κ2) is 14.4. The van der Waals surface area contributed by atoms with E-state index in [1.165, 1.54) is 41.5 Å². The molecule has 0 saturated carbocycles. The lowest BCUT2D eigenvalue weighted by Gasteiger charge is -2.32. The monoisotopic (exact) mass is 573 g/mol. The molecule has 0 bridgehead atoms. The van der Waals surface area contributed by atoms with Crippen LogP contribution in [0.5, 0.6) is 0 Å². The Kier molecular flexibility index (Phi) is 13.0. The number of Topliss-reactive ketones (excluding diaryl/α,β-unsaturated/α-hetero) is 6.